The zero-order valence-electron chi connectivity index (χ0n) is 7.65. The van der Waals surface area contributed by atoms with Gasteiger partial charge >= 0.3 is 0 Å². The number of benzene rings is 1. The molecule has 2 heteroatoms. The summed E-state index contributed by atoms with van der Waals surface area (Å²) in [6, 6.07) is 11.1. The average Bonchev–Trinajstić information content (AvgIpc) is 2.54. The molecule has 0 aromatic heterocycles. The Morgan fingerprint density at radius 3 is 2.62 bits per heavy atom. The second kappa shape index (κ2) is 4.16. The lowest BCUT2D eigenvalue weighted by atomic mass is 9.96. The van der Waals surface area contributed by atoms with Gasteiger partial charge in [-0.2, -0.15) is 11.8 Å². The van der Waals surface area contributed by atoms with Crippen molar-refractivity contribution in [3.63, 3.8) is 0 Å². The summed E-state index contributed by atoms with van der Waals surface area (Å²) in [4.78, 5) is 0. The SMILES string of the molecule is N[C@H]1CSCC1Cc1ccccc1. The largest absolute Gasteiger partial charge is 0.327 e. The zero-order chi connectivity index (χ0) is 9.10. The number of hydrogen-bond acceptors (Lipinski definition) is 2. The van der Waals surface area contributed by atoms with E-state index in [-0.39, 0.29) is 0 Å². The summed E-state index contributed by atoms with van der Waals surface area (Å²) in [6.45, 7) is 0. The smallest absolute Gasteiger partial charge is 0.0170 e. The monoisotopic (exact) mass is 193 g/mol. The highest BCUT2D eigenvalue weighted by Gasteiger charge is 2.24. The van der Waals surface area contributed by atoms with Crippen LogP contribution in [-0.4, -0.2) is 17.5 Å². The molecule has 0 aliphatic carbocycles. The van der Waals surface area contributed by atoms with Gasteiger partial charge in [0.15, 0.2) is 0 Å². The van der Waals surface area contributed by atoms with Crippen molar-refractivity contribution in [3.8, 4) is 0 Å². The number of thioether (sulfide) groups is 1. The molecule has 1 unspecified atom stereocenters. The Bertz CT molecular complexity index is 260. The standard InChI is InChI=1S/C11H15NS/c12-11-8-13-7-10(11)6-9-4-2-1-3-5-9/h1-5,10-11H,6-8,12H2/t10?,11-/m0/s1. The van der Waals surface area contributed by atoms with Gasteiger partial charge in [0.05, 0.1) is 0 Å². The Morgan fingerprint density at radius 1 is 1.23 bits per heavy atom. The molecule has 0 spiro atoms. The number of hydrogen-bond donors (Lipinski definition) is 1. The third-order valence-corrected chi connectivity index (χ3v) is 3.87. The maximum Gasteiger partial charge on any atom is 0.0170 e. The first-order valence-corrected chi connectivity index (χ1v) is 5.89. The normalized spacial score (nSPS) is 27.8. The minimum absolute atomic E-state index is 0.408. The molecule has 0 radical (unpaired) electrons. The van der Waals surface area contributed by atoms with E-state index in [1.54, 1.807) is 0 Å². The molecule has 2 N–H and O–H groups in total. The first-order chi connectivity index (χ1) is 6.36. The maximum absolute atomic E-state index is 6.01. The van der Waals surface area contributed by atoms with Gasteiger partial charge in [-0.25, -0.2) is 0 Å². The summed E-state index contributed by atoms with van der Waals surface area (Å²) in [5, 5.41) is 0. The molecule has 0 saturated carbocycles. The Hall–Kier alpha value is -0.470. The number of rotatable bonds is 2. The van der Waals surface area contributed by atoms with Crippen LogP contribution in [-0.2, 0) is 6.42 Å². The van der Waals surface area contributed by atoms with Crippen molar-refractivity contribution in [3.05, 3.63) is 35.9 Å². The van der Waals surface area contributed by atoms with E-state index in [0.717, 1.165) is 12.2 Å². The minimum atomic E-state index is 0.408. The van der Waals surface area contributed by atoms with E-state index >= 15 is 0 Å². The summed E-state index contributed by atoms with van der Waals surface area (Å²) in [7, 11) is 0. The summed E-state index contributed by atoms with van der Waals surface area (Å²) in [6.07, 6.45) is 1.15. The topological polar surface area (TPSA) is 26.0 Å². The lowest BCUT2D eigenvalue weighted by Gasteiger charge is -2.13. The molecule has 0 bridgehead atoms. The van der Waals surface area contributed by atoms with Gasteiger partial charge in [0.2, 0.25) is 0 Å². The third-order valence-electron chi connectivity index (χ3n) is 2.59. The fraction of sp³-hybridized carbons (Fsp3) is 0.455. The molecule has 1 fully saturated rings. The maximum atomic E-state index is 6.01. The van der Waals surface area contributed by atoms with Gasteiger partial charge in [0.25, 0.3) is 0 Å². The molecule has 13 heavy (non-hydrogen) atoms. The van der Waals surface area contributed by atoms with Gasteiger partial charge in [0.1, 0.15) is 0 Å². The highest BCUT2D eigenvalue weighted by Crippen LogP contribution is 2.25. The predicted molar refractivity (Wildman–Crippen MR) is 58.9 cm³/mol. The zero-order valence-corrected chi connectivity index (χ0v) is 8.46. The molecular weight excluding hydrogens is 178 g/mol. The van der Waals surface area contributed by atoms with Crippen LogP contribution < -0.4 is 5.73 Å². The predicted octanol–water partition coefficient (Wildman–Crippen LogP) is 1.92. The second-order valence-corrected chi connectivity index (χ2v) is 4.73. The summed E-state index contributed by atoms with van der Waals surface area (Å²) in [5.41, 5.74) is 7.43. The van der Waals surface area contributed by atoms with Gasteiger partial charge < -0.3 is 5.73 Å². The molecule has 70 valence electrons. The summed E-state index contributed by atoms with van der Waals surface area (Å²) < 4.78 is 0. The first-order valence-electron chi connectivity index (χ1n) is 4.73. The Kier molecular flexibility index (Phi) is 2.91. The molecule has 1 nitrogen and oxygen atoms in total. The van der Waals surface area contributed by atoms with E-state index < -0.39 is 0 Å². The van der Waals surface area contributed by atoms with Crippen molar-refractivity contribution in [2.75, 3.05) is 11.5 Å². The van der Waals surface area contributed by atoms with E-state index in [9.17, 15) is 0 Å². The molecular formula is C11H15NS. The lowest BCUT2D eigenvalue weighted by molar-refractivity contribution is 0.515. The van der Waals surface area contributed by atoms with E-state index in [4.69, 9.17) is 5.73 Å². The van der Waals surface area contributed by atoms with Crippen molar-refractivity contribution >= 4 is 11.8 Å². The fourth-order valence-electron chi connectivity index (χ4n) is 1.74. The highest BCUT2D eigenvalue weighted by molar-refractivity contribution is 7.99. The quantitative estimate of drug-likeness (QED) is 0.776. The van der Waals surface area contributed by atoms with Gasteiger partial charge in [-0.05, 0) is 23.7 Å². The second-order valence-electron chi connectivity index (χ2n) is 3.65. The summed E-state index contributed by atoms with van der Waals surface area (Å²) in [5.74, 6) is 3.06. The Labute approximate surface area is 83.7 Å². The van der Waals surface area contributed by atoms with E-state index in [1.807, 2.05) is 11.8 Å². The first kappa shape index (κ1) is 9.10. The van der Waals surface area contributed by atoms with Crippen LogP contribution in [0.5, 0.6) is 0 Å². The van der Waals surface area contributed by atoms with Crippen LogP contribution in [0.2, 0.25) is 0 Å². The van der Waals surface area contributed by atoms with Crippen LogP contribution in [0.4, 0.5) is 0 Å². The van der Waals surface area contributed by atoms with E-state index in [0.29, 0.717) is 12.0 Å². The van der Waals surface area contributed by atoms with E-state index in [1.165, 1.54) is 11.3 Å². The molecule has 1 aliphatic heterocycles. The van der Waals surface area contributed by atoms with Gasteiger partial charge in [-0.15, -0.1) is 0 Å². The van der Waals surface area contributed by atoms with Crippen LogP contribution in [0.25, 0.3) is 0 Å². The third kappa shape index (κ3) is 2.26. The number of nitrogens with two attached hydrogens (primary N) is 1. The molecule has 1 aromatic rings. The van der Waals surface area contributed by atoms with Crippen LogP contribution in [0.15, 0.2) is 30.3 Å². The molecule has 2 atom stereocenters. The molecule has 1 heterocycles. The van der Waals surface area contributed by atoms with Gasteiger partial charge in [0, 0.05) is 11.8 Å². The molecule has 2 rings (SSSR count). The van der Waals surface area contributed by atoms with Crippen LogP contribution in [0.3, 0.4) is 0 Å². The highest BCUT2D eigenvalue weighted by atomic mass is 32.2. The Balaban J connectivity index is 1.98. The van der Waals surface area contributed by atoms with Crippen molar-refractivity contribution in [1.29, 1.82) is 0 Å². The molecule has 1 aromatic carbocycles. The fourth-order valence-corrected chi connectivity index (χ4v) is 3.09. The van der Waals surface area contributed by atoms with Crippen molar-refractivity contribution in [2.45, 2.75) is 12.5 Å². The van der Waals surface area contributed by atoms with Crippen molar-refractivity contribution in [1.82, 2.24) is 0 Å². The minimum Gasteiger partial charge on any atom is -0.327 e. The molecule has 1 saturated heterocycles. The van der Waals surface area contributed by atoms with Crippen molar-refractivity contribution in [2.24, 2.45) is 11.7 Å². The van der Waals surface area contributed by atoms with Crippen molar-refractivity contribution < 1.29 is 0 Å². The van der Waals surface area contributed by atoms with Gasteiger partial charge in [-0.1, -0.05) is 30.3 Å². The van der Waals surface area contributed by atoms with Crippen LogP contribution in [0, 0.1) is 5.92 Å². The van der Waals surface area contributed by atoms with Crippen LogP contribution in [0.1, 0.15) is 5.56 Å². The van der Waals surface area contributed by atoms with Crippen LogP contribution >= 0.6 is 11.8 Å². The molecule has 1 aliphatic rings. The summed E-state index contributed by atoms with van der Waals surface area (Å²) >= 11 is 1.98. The lowest BCUT2D eigenvalue weighted by Crippen LogP contribution is -2.29. The average molecular weight is 193 g/mol. The van der Waals surface area contributed by atoms with E-state index in [2.05, 4.69) is 30.3 Å². The molecule has 0 amide bonds. The van der Waals surface area contributed by atoms with Gasteiger partial charge in [-0.3, -0.25) is 0 Å². The Morgan fingerprint density at radius 2 is 2.00 bits per heavy atom.